The standard InChI is InChI=1S/C10H15N7O/c1-3-16-7-13-15-9(16)4-12-10(18)8(2)17-6-11-5-14-17/h5-8H,3-4H2,1-2H3,(H,12,18)/t8-/m1/s1. The van der Waals surface area contributed by atoms with Crippen LogP contribution in [0.3, 0.4) is 0 Å². The van der Waals surface area contributed by atoms with Gasteiger partial charge in [0, 0.05) is 6.54 Å². The van der Waals surface area contributed by atoms with Crippen LogP contribution in [0.1, 0.15) is 25.7 Å². The predicted molar refractivity (Wildman–Crippen MR) is 62.3 cm³/mol. The normalized spacial score (nSPS) is 12.3. The second-order valence-corrected chi connectivity index (χ2v) is 3.80. The van der Waals surface area contributed by atoms with Gasteiger partial charge < -0.3 is 9.88 Å². The number of carbonyl (C=O) groups is 1. The van der Waals surface area contributed by atoms with Gasteiger partial charge in [0.05, 0.1) is 6.54 Å². The summed E-state index contributed by atoms with van der Waals surface area (Å²) in [6.07, 6.45) is 4.55. The molecule has 0 aromatic carbocycles. The molecule has 1 atom stereocenters. The summed E-state index contributed by atoms with van der Waals surface area (Å²) in [5.41, 5.74) is 0. The number of hydrogen-bond acceptors (Lipinski definition) is 5. The number of aromatic nitrogens is 6. The lowest BCUT2D eigenvalue weighted by Crippen LogP contribution is -2.31. The molecule has 0 bridgehead atoms. The van der Waals surface area contributed by atoms with Crippen LogP contribution in [-0.2, 0) is 17.9 Å². The fourth-order valence-electron chi connectivity index (χ4n) is 1.53. The van der Waals surface area contributed by atoms with Crippen LogP contribution in [0.2, 0.25) is 0 Å². The molecule has 96 valence electrons. The van der Waals surface area contributed by atoms with Crippen molar-refractivity contribution in [2.75, 3.05) is 0 Å². The summed E-state index contributed by atoms with van der Waals surface area (Å²) in [6, 6.07) is -0.398. The Bertz CT molecular complexity index is 504. The third kappa shape index (κ3) is 2.53. The lowest BCUT2D eigenvalue weighted by atomic mass is 10.3. The molecule has 1 N–H and O–H groups in total. The Labute approximate surface area is 104 Å². The summed E-state index contributed by atoms with van der Waals surface area (Å²) >= 11 is 0. The first-order chi connectivity index (χ1) is 8.72. The van der Waals surface area contributed by atoms with Crippen LogP contribution in [0.25, 0.3) is 0 Å². The van der Waals surface area contributed by atoms with Crippen LogP contribution in [-0.4, -0.2) is 35.4 Å². The van der Waals surface area contributed by atoms with Gasteiger partial charge in [-0.05, 0) is 13.8 Å². The Morgan fingerprint density at radius 3 is 3.00 bits per heavy atom. The van der Waals surface area contributed by atoms with Gasteiger partial charge >= 0.3 is 0 Å². The van der Waals surface area contributed by atoms with E-state index in [1.54, 1.807) is 13.3 Å². The Balaban J connectivity index is 1.92. The highest BCUT2D eigenvalue weighted by Crippen LogP contribution is 2.02. The molecule has 1 amide bonds. The van der Waals surface area contributed by atoms with E-state index < -0.39 is 6.04 Å². The van der Waals surface area contributed by atoms with Crippen LogP contribution in [0.15, 0.2) is 19.0 Å². The molecule has 0 unspecified atom stereocenters. The highest BCUT2D eigenvalue weighted by molar-refractivity contribution is 5.79. The summed E-state index contributed by atoms with van der Waals surface area (Å²) in [5.74, 6) is 0.600. The zero-order valence-electron chi connectivity index (χ0n) is 10.3. The molecule has 0 aliphatic rings. The van der Waals surface area contributed by atoms with Gasteiger partial charge in [-0.2, -0.15) is 5.10 Å². The molecule has 0 aliphatic carbocycles. The summed E-state index contributed by atoms with van der Waals surface area (Å²) in [4.78, 5) is 15.7. The van der Waals surface area contributed by atoms with Gasteiger partial charge in [-0.15, -0.1) is 10.2 Å². The maximum Gasteiger partial charge on any atom is 0.245 e. The number of nitrogens with one attached hydrogen (secondary N) is 1. The number of nitrogens with zero attached hydrogens (tertiary/aromatic N) is 6. The van der Waals surface area contributed by atoms with Crippen molar-refractivity contribution in [3.63, 3.8) is 0 Å². The molecule has 0 fully saturated rings. The van der Waals surface area contributed by atoms with Gasteiger partial charge in [-0.25, -0.2) is 9.67 Å². The smallest absolute Gasteiger partial charge is 0.245 e. The van der Waals surface area contributed by atoms with E-state index in [4.69, 9.17) is 0 Å². The molecule has 2 rings (SSSR count). The molecule has 0 aliphatic heterocycles. The Hall–Kier alpha value is -2.25. The van der Waals surface area contributed by atoms with Crippen molar-refractivity contribution >= 4 is 5.91 Å². The molecule has 8 heteroatoms. The number of amides is 1. The van der Waals surface area contributed by atoms with Crippen LogP contribution in [0.5, 0.6) is 0 Å². The van der Waals surface area contributed by atoms with Crippen LogP contribution in [0, 0.1) is 0 Å². The molecule has 0 spiro atoms. The summed E-state index contributed by atoms with van der Waals surface area (Å²) in [6.45, 7) is 4.88. The van der Waals surface area contributed by atoms with E-state index in [2.05, 4.69) is 25.6 Å². The minimum Gasteiger partial charge on any atom is -0.347 e. The summed E-state index contributed by atoms with van der Waals surface area (Å²) < 4.78 is 3.38. The lowest BCUT2D eigenvalue weighted by Gasteiger charge is -2.11. The zero-order chi connectivity index (χ0) is 13.0. The van der Waals surface area contributed by atoms with Gasteiger partial charge in [-0.1, -0.05) is 0 Å². The van der Waals surface area contributed by atoms with Gasteiger partial charge in [-0.3, -0.25) is 4.79 Å². The van der Waals surface area contributed by atoms with Crippen LogP contribution in [0.4, 0.5) is 0 Å². The maximum absolute atomic E-state index is 11.9. The second kappa shape index (κ2) is 5.39. The average Bonchev–Trinajstić information content (AvgIpc) is 3.05. The van der Waals surface area contributed by atoms with E-state index in [1.807, 2.05) is 11.5 Å². The van der Waals surface area contributed by atoms with Crippen molar-refractivity contribution in [2.45, 2.75) is 33.0 Å². The number of aryl methyl sites for hydroxylation is 1. The van der Waals surface area contributed by atoms with E-state index in [1.165, 1.54) is 17.3 Å². The molecular weight excluding hydrogens is 234 g/mol. The topological polar surface area (TPSA) is 90.5 Å². The van der Waals surface area contributed by atoms with Crippen molar-refractivity contribution in [3.05, 3.63) is 24.8 Å². The first-order valence-corrected chi connectivity index (χ1v) is 5.71. The first-order valence-electron chi connectivity index (χ1n) is 5.71. The molecule has 8 nitrogen and oxygen atoms in total. The van der Waals surface area contributed by atoms with Crippen molar-refractivity contribution in [1.82, 2.24) is 34.8 Å². The van der Waals surface area contributed by atoms with E-state index in [-0.39, 0.29) is 5.91 Å². The van der Waals surface area contributed by atoms with Crippen molar-refractivity contribution < 1.29 is 4.79 Å². The Morgan fingerprint density at radius 1 is 1.50 bits per heavy atom. The van der Waals surface area contributed by atoms with Gasteiger partial charge in [0.1, 0.15) is 25.0 Å². The quantitative estimate of drug-likeness (QED) is 0.790. The Kier molecular flexibility index (Phi) is 3.66. The number of carbonyl (C=O) groups excluding carboxylic acids is 1. The van der Waals surface area contributed by atoms with Gasteiger partial charge in [0.15, 0.2) is 5.82 Å². The van der Waals surface area contributed by atoms with E-state index in [9.17, 15) is 4.79 Å². The third-order valence-corrected chi connectivity index (χ3v) is 2.67. The van der Waals surface area contributed by atoms with Crippen molar-refractivity contribution in [1.29, 1.82) is 0 Å². The largest absolute Gasteiger partial charge is 0.347 e. The highest BCUT2D eigenvalue weighted by atomic mass is 16.2. The van der Waals surface area contributed by atoms with Gasteiger partial charge in [0.2, 0.25) is 5.91 Å². The molecule has 0 radical (unpaired) electrons. The average molecular weight is 249 g/mol. The fourth-order valence-corrected chi connectivity index (χ4v) is 1.53. The molecule has 0 saturated heterocycles. The predicted octanol–water partition coefficient (Wildman–Crippen LogP) is -0.233. The first kappa shape index (κ1) is 12.2. The molecule has 2 heterocycles. The molecule has 2 aromatic heterocycles. The molecule has 0 saturated carbocycles. The fraction of sp³-hybridized carbons (Fsp3) is 0.500. The Morgan fingerprint density at radius 2 is 2.33 bits per heavy atom. The molecule has 18 heavy (non-hydrogen) atoms. The van der Waals surface area contributed by atoms with Crippen molar-refractivity contribution in [3.8, 4) is 0 Å². The molecular formula is C10H15N7O. The monoisotopic (exact) mass is 249 g/mol. The van der Waals surface area contributed by atoms with E-state index in [0.717, 1.165) is 12.4 Å². The minimum atomic E-state index is -0.398. The van der Waals surface area contributed by atoms with Crippen LogP contribution >= 0.6 is 0 Å². The lowest BCUT2D eigenvalue weighted by molar-refractivity contribution is -0.124. The number of hydrogen-bond donors (Lipinski definition) is 1. The summed E-state index contributed by atoms with van der Waals surface area (Å²) in [7, 11) is 0. The third-order valence-electron chi connectivity index (χ3n) is 2.67. The number of rotatable bonds is 5. The summed E-state index contributed by atoms with van der Waals surface area (Å²) in [5, 5.41) is 14.5. The highest BCUT2D eigenvalue weighted by Gasteiger charge is 2.15. The van der Waals surface area contributed by atoms with E-state index in [0.29, 0.717) is 6.54 Å². The van der Waals surface area contributed by atoms with Crippen LogP contribution < -0.4 is 5.32 Å². The minimum absolute atomic E-state index is 0.133. The van der Waals surface area contributed by atoms with Gasteiger partial charge in [0.25, 0.3) is 0 Å². The second-order valence-electron chi connectivity index (χ2n) is 3.80. The molecule has 2 aromatic rings. The van der Waals surface area contributed by atoms with E-state index >= 15 is 0 Å². The SMILES string of the molecule is CCn1cnnc1CNC(=O)[C@@H](C)n1cncn1. The maximum atomic E-state index is 11.9. The van der Waals surface area contributed by atoms with Crippen molar-refractivity contribution in [2.24, 2.45) is 0 Å². The zero-order valence-corrected chi connectivity index (χ0v) is 10.3.